The van der Waals surface area contributed by atoms with Crippen LogP contribution >= 0.6 is 34.8 Å². The van der Waals surface area contributed by atoms with E-state index in [0.717, 1.165) is 19.3 Å². The first-order chi connectivity index (χ1) is 14.4. The van der Waals surface area contributed by atoms with Crippen molar-refractivity contribution in [3.05, 3.63) is 24.3 Å². The molecule has 1 unspecified atom stereocenters. The third-order valence-corrected chi connectivity index (χ3v) is 5.70. The number of benzene rings is 1. The van der Waals surface area contributed by atoms with E-state index in [9.17, 15) is 4.79 Å². The van der Waals surface area contributed by atoms with E-state index in [-0.39, 0.29) is 5.91 Å². The molecule has 0 bridgehead atoms. The molecule has 30 heavy (non-hydrogen) atoms. The van der Waals surface area contributed by atoms with Gasteiger partial charge in [0.25, 0.3) is 0 Å². The Morgan fingerprint density at radius 2 is 1.47 bits per heavy atom. The topological polar surface area (TPSA) is 50.4 Å². The predicted octanol–water partition coefficient (Wildman–Crippen LogP) is 7.62. The Kier molecular flexibility index (Phi) is 14.4. The highest BCUT2D eigenvalue weighted by Crippen LogP contribution is 2.33. The summed E-state index contributed by atoms with van der Waals surface area (Å²) in [4.78, 5) is 12.3. The van der Waals surface area contributed by atoms with Gasteiger partial charge in [-0.3, -0.25) is 4.79 Å². The summed E-state index contributed by atoms with van der Waals surface area (Å²) in [5.74, 6) is 0.473. The average molecular weight is 480 g/mol. The van der Waals surface area contributed by atoms with Crippen molar-refractivity contribution in [3.63, 3.8) is 0 Å². The maximum Gasteiger partial charge on any atom is 0.228 e. The summed E-state index contributed by atoms with van der Waals surface area (Å²) in [5.41, 5.74) is 0.645. The lowest BCUT2D eigenvalue weighted by atomic mass is 10.1. The molecule has 0 aliphatic carbocycles. The van der Waals surface area contributed by atoms with Crippen molar-refractivity contribution < 1.29 is 9.53 Å². The van der Waals surface area contributed by atoms with Crippen LogP contribution in [0.4, 0.5) is 5.69 Å². The number of methoxy groups -OCH3 is 1. The largest absolute Gasteiger partial charge is 0.495 e. The predicted molar refractivity (Wildman–Crippen MR) is 130 cm³/mol. The van der Waals surface area contributed by atoms with Gasteiger partial charge in [0.1, 0.15) is 11.9 Å². The van der Waals surface area contributed by atoms with E-state index >= 15 is 0 Å². The maximum atomic E-state index is 12.3. The fourth-order valence-electron chi connectivity index (χ4n) is 3.30. The van der Waals surface area contributed by atoms with Crippen LogP contribution in [0.25, 0.3) is 0 Å². The van der Waals surface area contributed by atoms with Gasteiger partial charge in [0.2, 0.25) is 9.70 Å². The first-order valence-corrected chi connectivity index (χ1v) is 12.3. The van der Waals surface area contributed by atoms with E-state index < -0.39 is 9.96 Å². The number of anilines is 1. The van der Waals surface area contributed by atoms with Gasteiger partial charge in [-0.15, -0.1) is 0 Å². The van der Waals surface area contributed by atoms with E-state index in [4.69, 9.17) is 39.5 Å². The summed E-state index contributed by atoms with van der Waals surface area (Å²) in [6.45, 7) is 2.24. The van der Waals surface area contributed by atoms with Crippen molar-refractivity contribution in [2.24, 2.45) is 0 Å². The summed E-state index contributed by atoms with van der Waals surface area (Å²) in [6, 6.07) is 7.29. The number of hydrogen-bond acceptors (Lipinski definition) is 3. The third kappa shape index (κ3) is 12.1. The van der Waals surface area contributed by atoms with Crippen LogP contribution in [0.5, 0.6) is 5.75 Å². The van der Waals surface area contributed by atoms with Crippen LogP contribution in [-0.2, 0) is 4.79 Å². The molecule has 1 rings (SSSR count). The lowest BCUT2D eigenvalue weighted by Crippen LogP contribution is -2.49. The molecule has 172 valence electrons. The second-order valence-corrected chi connectivity index (χ2v) is 10.0. The second-order valence-electron chi connectivity index (χ2n) is 7.67. The van der Waals surface area contributed by atoms with Gasteiger partial charge in [0.15, 0.2) is 0 Å². The van der Waals surface area contributed by atoms with Gasteiger partial charge in [-0.1, -0.05) is 118 Å². The highest BCUT2D eigenvalue weighted by Gasteiger charge is 2.34. The summed E-state index contributed by atoms with van der Waals surface area (Å²) < 4.78 is 3.60. The number of rotatable bonds is 16. The van der Waals surface area contributed by atoms with Crippen LogP contribution in [0.15, 0.2) is 24.3 Å². The van der Waals surface area contributed by atoms with Gasteiger partial charge >= 0.3 is 0 Å². The zero-order valence-electron chi connectivity index (χ0n) is 18.3. The summed E-state index contributed by atoms with van der Waals surface area (Å²) in [5, 5.41) is 5.85. The van der Waals surface area contributed by atoms with E-state index in [2.05, 4.69) is 17.6 Å². The molecule has 0 spiro atoms. The normalized spacial score (nSPS) is 12.4. The fraction of sp³-hybridized carbons (Fsp3) is 0.696. The SMILES string of the molecule is CCCCCCCCCCCCCC(=O)NC(Nc1ccccc1OC)C(Cl)(Cl)Cl. The molecule has 0 aliphatic rings. The smallest absolute Gasteiger partial charge is 0.228 e. The van der Waals surface area contributed by atoms with Gasteiger partial charge in [0, 0.05) is 6.42 Å². The molecule has 1 atom stereocenters. The first kappa shape index (κ1) is 27.2. The quantitative estimate of drug-likeness (QED) is 0.146. The minimum atomic E-state index is -1.70. The van der Waals surface area contributed by atoms with Crippen molar-refractivity contribution >= 4 is 46.4 Å². The zero-order chi connectivity index (χ0) is 22.2. The Hall–Kier alpha value is -0.840. The number of alkyl halides is 3. The lowest BCUT2D eigenvalue weighted by molar-refractivity contribution is -0.121. The molecule has 0 saturated carbocycles. The molecule has 0 saturated heterocycles. The monoisotopic (exact) mass is 478 g/mol. The van der Waals surface area contributed by atoms with Gasteiger partial charge in [-0.2, -0.15) is 0 Å². The van der Waals surface area contributed by atoms with Gasteiger partial charge in [-0.25, -0.2) is 0 Å². The van der Waals surface area contributed by atoms with E-state index in [1.165, 1.54) is 51.4 Å². The number of ether oxygens (including phenoxy) is 1. The highest BCUT2D eigenvalue weighted by molar-refractivity contribution is 6.68. The van der Waals surface area contributed by atoms with E-state index in [1.807, 2.05) is 12.1 Å². The van der Waals surface area contributed by atoms with E-state index in [0.29, 0.717) is 17.9 Å². The molecular formula is C23H37Cl3N2O2. The van der Waals surface area contributed by atoms with Crippen molar-refractivity contribution in [2.45, 2.75) is 93.9 Å². The Morgan fingerprint density at radius 3 is 2.00 bits per heavy atom. The Labute approximate surface area is 197 Å². The number of carbonyl (C=O) groups is 1. The highest BCUT2D eigenvalue weighted by atomic mass is 35.6. The van der Waals surface area contributed by atoms with Crippen molar-refractivity contribution in [1.82, 2.24) is 5.32 Å². The molecule has 2 N–H and O–H groups in total. The molecule has 0 aliphatic heterocycles. The molecule has 0 fully saturated rings. The number of halogens is 3. The Balaban J connectivity index is 2.27. The van der Waals surface area contributed by atoms with Crippen LogP contribution in [0.1, 0.15) is 84.0 Å². The van der Waals surface area contributed by atoms with E-state index in [1.54, 1.807) is 19.2 Å². The van der Waals surface area contributed by atoms with Crippen LogP contribution in [0.3, 0.4) is 0 Å². The fourth-order valence-corrected chi connectivity index (χ4v) is 3.63. The third-order valence-electron chi connectivity index (χ3n) is 5.05. The Bertz CT molecular complexity index is 594. The van der Waals surface area contributed by atoms with Gasteiger partial charge < -0.3 is 15.4 Å². The summed E-state index contributed by atoms with van der Waals surface area (Å²) in [7, 11) is 1.57. The molecule has 1 aromatic rings. The standard InChI is InChI=1S/C23H37Cl3N2O2/c1-3-4-5-6-7-8-9-10-11-12-13-18-21(29)28-22(23(24,25)26)27-19-16-14-15-17-20(19)30-2/h14-17,22,27H,3-13,18H2,1-2H3,(H,28,29). The number of carbonyl (C=O) groups excluding carboxylic acids is 1. The first-order valence-electron chi connectivity index (χ1n) is 11.1. The number of hydrogen-bond donors (Lipinski definition) is 2. The molecule has 0 radical (unpaired) electrons. The zero-order valence-corrected chi connectivity index (χ0v) is 20.6. The lowest BCUT2D eigenvalue weighted by Gasteiger charge is -2.28. The molecule has 0 aromatic heterocycles. The molecule has 7 heteroatoms. The summed E-state index contributed by atoms with van der Waals surface area (Å²) >= 11 is 18.2. The number of amides is 1. The number of nitrogens with one attached hydrogen (secondary N) is 2. The minimum Gasteiger partial charge on any atom is -0.495 e. The minimum absolute atomic E-state index is 0.135. The average Bonchev–Trinajstić information content (AvgIpc) is 2.71. The van der Waals surface area contributed by atoms with Crippen molar-refractivity contribution in [1.29, 1.82) is 0 Å². The van der Waals surface area contributed by atoms with Crippen molar-refractivity contribution in [2.75, 3.05) is 12.4 Å². The second kappa shape index (κ2) is 15.9. The molecule has 1 aromatic carbocycles. The van der Waals surface area contributed by atoms with Crippen LogP contribution in [0.2, 0.25) is 0 Å². The van der Waals surface area contributed by atoms with Crippen LogP contribution in [0, 0.1) is 0 Å². The van der Waals surface area contributed by atoms with Crippen LogP contribution in [-0.4, -0.2) is 23.0 Å². The van der Waals surface area contributed by atoms with Gasteiger partial charge in [-0.05, 0) is 18.6 Å². The maximum absolute atomic E-state index is 12.3. The molecule has 4 nitrogen and oxygen atoms in total. The Morgan fingerprint density at radius 1 is 0.933 bits per heavy atom. The summed E-state index contributed by atoms with van der Waals surface area (Å²) in [6.07, 6.45) is 13.2. The number of para-hydroxylation sites is 2. The van der Waals surface area contributed by atoms with Gasteiger partial charge in [0.05, 0.1) is 12.8 Å². The molecule has 1 amide bonds. The van der Waals surface area contributed by atoms with Crippen LogP contribution < -0.4 is 15.4 Å². The molecular weight excluding hydrogens is 443 g/mol. The molecule has 0 heterocycles. The number of unbranched alkanes of at least 4 members (excludes halogenated alkanes) is 10. The van der Waals surface area contributed by atoms with Crippen molar-refractivity contribution in [3.8, 4) is 5.75 Å².